The molecule has 0 bridgehead atoms. The summed E-state index contributed by atoms with van der Waals surface area (Å²) >= 11 is 0. The van der Waals surface area contributed by atoms with Crippen LogP contribution in [0.2, 0.25) is 0 Å². The second kappa shape index (κ2) is 5.97. The molecule has 2 heterocycles. The topological polar surface area (TPSA) is 58.6 Å². The molecule has 1 aromatic heterocycles. The van der Waals surface area contributed by atoms with E-state index in [1.807, 2.05) is 0 Å². The number of carbonyl (C=O) groups is 1. The molecule has 1 aromatic rings. The van der Waals surface area contributed by atoms with Gasteiger partial charge in [-0.2, -0.15) is 0 Å². The molecule has 1 saturated heterocycles. The molecule has 6 nitrogen and oxygen atoms in total. The Morgan fingerprint density at radius 3 is 2.79 bits per heavy atom. The minimum absolute atomic E-state index is 0.243. The Bertz CT molecular complexity index is 435. The molecule has 6 heteroatoms. The number of ether oxygens (including phenoxy) is 1. The summed E-state index contributed by atoms with van der Waals surface area (Å²) in [5.41, 5.74) is 0.243. The lowest BCUT2D eigenvalue weighted by molar-refractivity contribution is 0.0593. The Morgan fingerprint density at radius 1 is 1.42 bits per heavy atom. The summed E-state index contributed by atoms with van der Waals surface area (Å²) in [4.78, 5) is 24.3. The van der Waals surface area contributed by atoms with Crippen LogP contribution in [-0.4, -0.2) is 60.7 Å². The van der Waals surface area contributed by atoms with Gasteiger partial charge in [0.15, 0.2) is 5.69 Å². The fourth-order valence-corrected chi connectivity index (χ4v) is 2.29. The van der Waals surface area contributed by atoms with E-state index < -0.39 is 5.97 Å². The zero-order valence-electron chi connectivity index (χ0n) is 11.7. The van der Waals surface area contributed by atoms with E-state index in [1.165, 1.54) is 13.3 Å². The molecule has 0 spiro atoms. The number of aromatic nitrogens is 2. The smallest absolute Gasteiger partial charge is 0.358 e. The Hall–Kier alpha value is -1.69. The van der Waals surface area contributed by atoms with Crippen molar-refractivity contribution < 1.29 is 9.53 Å². The van der Waals surface area contributed by atoms with Crippen LogP contribution in [0.5, 0.6) is 0 Å². The highest BCUT2D eigenvalue weighted by molar-refractivity contribution is 5.86. The summed E-state index contributed by atoms with van der Waals surface area (Å²) in [6.07, 6.45) is 4.23. The van der Waals surface area contributed by atoms with Crippen molar-refractivity contribution in [1.29, 1.82) is 0 Å². The number of rotatable bonds is 3. The number of nitrogens with zero attached hydrogens (tertiary/aromatic N) is 4. The summed E-state index contributed by atoms with van der Waals surface area (Å²) < 4.78 is 4.61. The number of carbonyl (C=O) groups excluding carboxylic acids is 1. The number of methoxy groups -OCH3 is 1. The van der Waals surface area contributed by atoms with Crippen molar-refractivity contribution in [3.8, 4) is 0 Å². The predicted octanol–water partition coefficient (Wildman–Crippen LogP) is 0.794. The van der Waals surface area contributed by atoms with Gasteiger partial charge in [0.05, 0.1) is 19.5 Å². The summed E-state index contributed by atoms with van der Waals surface area (Å²) in [5, 5.41) is 0. The van der Waals surface area contributed by atoms with Gasteiger partial charge < -0.3 is 9.64 Å². The van der Waals surface area contributed by atoms with Crippen LogP contribution in [-0.2, 0) is 4.74 Å². The zero-order valence-corrected chi connectivity index (χ0v) is 11.7. The molecule has 0 N–H and O–H groups in total. The molecule has 0 aromatic carbocycles. The van der Waals surface area contributed by atoms with Crippen LogP contribution < -0.4 is 4.90 Å². The maximum Gasteiger partial charge on any atom is 0.358 e. The first-order valence-electron chi connectivity index (χ1n) is 6.51. The maximum absolute atomic E-state index is 11.3. The third kappa shape index (κ3) is 3.01. The van der Waals surface area contributed by atoms with Crippen molar-refractivity contribution in [3.63, 3.8) is 0 Å². The van der Waals surface area contributed by atoms with Gasteiger partial charge in [-0.3, -0.25) is 4.90 Å². The SMILES string of the molecule is CCC1CN(c2cnc(C(=O)OC)cn2)CCN1C. The average Bonchev–Trinajstić information content (AvgIpc) is 2.47. The Morgan fingerprint density at radius 2 is 2.21 bits per heavy atom. The lowest BCUT2D eigenvalue weighted by Crippen LogP contribution is -2.51. The van der Waals surface area contributed by atoms with Crippen LogP contribution >= 0.6 is 0 Å². The summed E-state index contributed by atoms with van der Waals surface area (Å²) in [6, 6.07) is 0.538. The van der Waals surface area contributed by atoms with Gasteiger partial charge in [0.25, 0.3) is 0 Å². The van der Waals surface area contributed by atoms with Crippen LogP contribution in [0.4, 0.5) is 5.82 Å². The number of hydrogen-bond donors (Lipinski definition) is 0. The van der Waals surface area contributed by atoms with Crippen molar-refractivity contribution in [1.82, 2.24) is 14.9 Å². The van der Waals surface area contributed by atoms with E-state index in [4.69, 9.17) is 0 Å². The lowest BCUT2D eigenvalue weighted by Gasteiger charge is -2.39. The standard InChI is InChI=1S/C13H20N4O2/c1-4-10-9-17(6-5-16(10)2)12-8-14-11(7-15-12)13(18)19-3/h7-8,10H,4-6,9H2,1-3H3. The largest absolute Gasteiger partial charge is 0.464 e. The fraction of sp³-hybridized carbons (Fsp3) is 0.615. The summed E-state index contributed by atoms with van der Waals surface area (Å²) in [6.45, 7) is 5.08. The van der Waals surface area contributed by atoms with E-state index in [0.717, 1.165) is 31.9 Å². The Labute approximate surface area is 113 Å². The van der Waals surface area contributed by atoms with Gasteiger partial charge in [-0.15, -0.1) is 0 Å². The van der Waals surface area contributed by atoms with Gasteiger partial charge in [-0.05, 0) is 13.5 Å². The molecule has 0 aliphatic carbocycles. The number of esters is 1. The molecule has 0 radical (unpaired) electrons. The van der Waals surface area contributed by atoms with Crippen molar-refractivity contribution in [2.75, 3.05) is 38.7 Å². The number of piperazine rings is 1. The Kier molecular flexibility index (Phi) is 4.31. The monoisotopic (exact) mass is 264 g/mol. The highest BCUT2D eigenvalue weighted by Crippen LogP contribution is 2.16. The number of anilines is 1. The van der Waals surface area contributed by atoms with E-state index in [9.17, 15) is 4.79 Å². The summed E-state index contributed by atoms with van der Waals surface area (Å²) in [7, 11) is 3.49. The van der Waals surface area contributed by atoms with Crippen LogP contribution in [0.25, 0.3) is 0 Å². The van der Waals surface area contributed by atoms with Crippen molar-refractivity contribution in [2.45, 2.75) is 19.4 Å². The van der Waals surface area contributed by atoms with Gasteiger partial charge in [-0.1, -0.05) is 6.92 Å². The van der Waals surface area contributed by atoms with E-state index in [2.05, 4.69) is 38.5 Å². The number of likely N-dealkylation sites (N-methyl/N-ethyl adjacent to an activating group) is 1. The van der Waals surface area contributed by atoms with Crippen LogP contribution in [0.3, 0.4) is 0 Å². The normalized spacial score (nSPS) is 20.4. The van der Waals surface area contributed by atoms with E-state index in [-0.39, 0.29) is 5.69 Å². The van der Waals surface area contributed by atoms with E-state index >= 15 is 0 Å². The molecular formula is C13H20N4O2. The minimum atomic E-state index is -0.455. The lowest BCUT2D eigenvalue weighted by atomic mass is 10.1. The molecule has 19 heavy (non-hydrogen) atoms. The first kappa shape index (κ1) is 13.7. The van der Waals surface area contributed by atoms with Gasteiger partial charge in [-0.25, -0.2) is 14.8 Å². The third-order valence-electron chi connectivity index (χ3n) is 3.61. The van der Waals surface area contributed by atoms with Crippen molar-refractivity contribution >= 4 is 11.8 Å². The first-order valence-corrected chi connectivity index (χ1v) is 6.51. The van der Waals surface area contributed by atoms with Gasteiger partial charge in [0.1, 0.15) is 5.82 Å². The second-order valence-corrected chi connectivity index (χ2v) is 4.74. The molecular weight excluding hydrogens is 244 g/mol. The molecule has 2 rings (SSSR count). The number of hydrogen-bond acceptors (Lipinski definition) is 6. The van der Waals surface area contributed by atoms with Gasteiger partial charge in [0.2, 0.25) is 0 Å². The molecule has 1 atom stereocenters. The highest BCUT2D eigenvalue weighted by atomic mass is 16.5. The molecule has 104 valence electrons. The maximum atomic E-state index is 11.3. The van der Waals surface area contributed by atoms with Gasteiger partial charge >= 0.3 is 5.97 Å². The molecule has 1 aliphatic heterocycles. The molecule has 1 fully saturated rings. The third-order valence-corrected chi connectivity index (χ3v) is 3.61. The molecule has 0 saturated carbocycles. The fourth-order valence-electron chi connectivity index (χ4n) is 2.29. The average molecular weight is 264 g/mol. The molecule has 0 amide bonds. The minimum Gasteiger partial charge on any atom is -0.464 e. The van der Waals surface area contributed by atoms with E-state index in [0.29, 0.717) is 6.04 Å². The van der Waals surface area contributed by atoms with Crippen LogP contribution in [0, 0.1) is 0 Å². The van der Waals surface area contributed by atoms with Crippen molar-refractivity contribution in [3.05, 3.63) is 18.1 Å². The quantitative estimate of drug-likeness (QED) is 0.752. The van der Waals surface area contributed by atoms with Gasteiger partial charge in [0, 0.05) is 25.7 Å². The molecule has 1 aliphatic rings. The second-order valence-electron chi connectivity index (χ2n) is 4.74. The Balaban J connectivity index is 2.08. The van der Waals surface area contributed by atoms with Crippen LogP contribution in [0.15, 0.2) is 12.4 Å². The summed E-state index contributed by atoms with van der Waals surface area (Å²) in [5.74, 6) is 0.364. The zero-order chi connectivity index (χ0) is 13.8. The molecule has 1 unspecified atom stereocenters. The predicted molar refractivity (Wildman–Crippen MR) is 72.3 cm³/mol. The highest BCUT2D eigenvalue weighted by Gasteiger charge is 2.24. The van der Waals surface area contributed by atoms with Crippen LogP contribution in [0.1, 0.15) is 23.8 Å². The first-order chi connectivity index (χ1) is 9.15. The van der Waals surface area contributed by atoms with E-state index in [1.54, 1.807) is 6.20 Å². The van der Waals surface area contributed by atoms with Crippen molar-refractivity contribution in [2.24, 2.45) is 0 Å².